The van der Waals surface area contributed by atoms with Crippen LogP contribution in [0.1, 0.15) is 29.4 Å². The summed E-state index contributed by atoms with van der Waals surface area (Å²) in [5, 5.41) is 3.14. The van der Waals surface area contributed by atoms with Gasteiger partial charge in [0.05, 0.1) is 10.4 Å². The highest BCUT2D eigenvalue weighted by Gasteiger charge is 2.41. The second-order valence-electron chi connectivity index (χ2n) is 6.87. The predicted molar refractivity (Wildman–Crippen MR) is 98.4 cm³/mol. The fourth-order valence-electron chi connectivity index (χ4n) is 3.17. The molecule has 0 saturated heterocycles. The molecule has 0 radical (unpaired) electrons. The van der Waals surface area contributed by atoms with Crippen molar-refractivity contribution >= 4 is 17.2 Å². The SMILES string of the molecule is CC(CN)(NC(=O)c1ccc(-c2ccc3c(c2)OCCO3)s1)C1CC1. The molecule has 1 saturated carbocycles. The van der Waals surface area contributed by atoms with Crippen LogP contribution in [0.3, 0.4) is 0 Å². The maximum atomic E-state index is 12.6. The summed E-state index contributed by atoms with van der Waals surface area (Å²) in [4.78, 5) is 14.4. The first kappa shape index (κ1) is 16.4. The van der Waals surface area contributed by atoms with E-state index in [0.29, 0.717) is 30.6 Å². The number of carbonyl (C=O) groups is 1. The monoisotopic (exact) mass is 358 g/mol. The van der Waals surface area contributed by atoms with Gasteiger partial charge in [-0.25, -0.2) is 0 Å². The van der Waals surface area contributed by atoms with Crippen LogP contribution in [0, 0.1) is 5.92 Å². The van der Waals surface area contributed by atoms with E-state index in [1.54, 1.807) is 0 Å². The molecule has 1 atom stereocenters. The van der Waals surface area contributed by atoms with Gasteiger partial charge in [-0.3, -0.25) is 4.79 Å². The van der Waals surface area contributed by atoms with Crippen LogP contribution in [0.25, 0.3) is 10.4 Å². The number of fused-ring (bicyclic) bond motifs is 1. The number of amides is 1. The molecule has 5 nitrogen and oxygen atoms in total. The zero-order valence-electron chi connectivity index (χ0n) is 14.2. The lowest BCUT2D eigenvalue weighted by Crippen LogP contribution is -2.53. The van der Waals surface area contributed by atoms with Crippen molar-refractivity contribution in [2.45, 2.75) is 25.3 Å². The van der Waals surface area contributed by atoms with Gasteiger partial charge >= 0.3 is 0 Å². The van der Waals surface area contributed by atoms with Crippen molar-refractivity contribution in [1.82, 2.24) is 5.32 Å². The van der Waals surface area contributed by atoms with Gasteiger partial charge in [0.1, 0.15) is 13.2 Å². The fourth-order valence-corrected chi connectivity index (χ4v) is 4.07. The molecule has 1 aliphatic heterocycles. The van der Waals surface area contributed by atoms with Crippen LogP contribution in [-0.2, 0) is 0 Å². The topological polar surface area (TPSA) is 73.6 Å². The Balaban J connectivity index is 1.53. The lowest BCUT2D eigenvalue weighted by Gasteiger charge is -2.29. The lowest BCUT2D eigenvalue weighted by molar-refractivity contribution is 0.0902. The molecule has 1 aromatic heterocycles. The summed E-state index contributed by atoms with van der Waals surface area (Å²) in [7, 11) is 0. The van der Waals surface area contributed by atoms with Gasteiger partial charge in [-0.15, -0.1) is 11.3 Å². The van der Waals surface area contributed by atoms with Gasteiger partial charge in [0.2, 0.25) is 0 Å². The summed E-state index contributed by atoms with van der Waals surface area (Å²) >= 11 is 1.48. The zero-order valence-corrected chi connectivity index (χ0v) is 15.0. The summed E-state index contributed by atoms with van der Waals surface area (Å²) in [5.41, 5.74) is 6.62. The Hall–Kier alpha value is -2.05. The zero-order chi connectivity index (χ0) is 17.4. The summed E-state index contributed by atoms with van der Waals surface area (Å²) in [6, 6.07) is 9.73. The van der Waals surface area contributed by atoms with Gasteiger partial charge < -0.3 is 20.5 Å². The molecule has 1 fully saturated rings. The summed E-state index contributed by atoms with van der Waals surface area (Å²) < 4.78 is 11.2. The Labute approximate surface area is 151 Å². The smallest absolute Gasteiger partial charge is 0.261 e. The van der Waals surface area contributed by atoms with E-state index in [1.807, 2.05) is 37.3 Å². The Bertz CT molecular complexity index is 800. The standard InChI is InChI=1S/C19H22N2O3S/c1-19(11-20,13-3-4-13)21-18(22)17-7-6-16(25-17)12-2-5-14-15(10-12)24-9-8-23-14/h2,5-7,10,13H,3-4,8-9,11,20H2,1H3,(H,21,22). The molecule has 0 spiro atoms. The van der Waals surface area contributed by atoms with Crippen molar-refractivity contribution in [2.75, 3.05) is 19.8 Å². The maximum absolute atomic E-state index is 12.6. The third kappa shape index (κ3) is 3.24. The quantitative estimate of drug-likeness (QED) is 0.862. The average Bonchev–Trinajstić information content (AvgIpc) is 3.39. The molecule has 132 valence electrons. The van der Waals surface area contributed by atoms with Gasteiger partial charge in [0.15, 0.2) is 11.5 Å². The van der Waals surface area contributed by atoms with E-state index in [9.17, 15) is 4.79 Å². The highest BCUT2D eigenvalue weighted by molar-refractivity contribution is 7.17. The van der Waals surface area contributed by atoms with Gasteiger partial charge in [0.25, 0.3) is 5.91 Å². The number of rotatable bonds is 5. The Morgan fingerprint density at radius 1 is 1.24 bits per heavy atom. The van der Waals surface area contributed by atoms with Gasteiger partial charge in [-0.1, -0.05) is 0 Å². The molecule has 3 N–H and O–H groups in total. The van der Waals surface area contributed by atoms with Crippen LogP contribution < -0.4 is 20.5 Å². The van der Waals surface area contributed by atoms with Crippen molar-refractivity contribution in [3.63, 3.8) is 0 Å². The molecule has 6 heteroatoms. The van der Waals surface area contributed by atoms with Crippen LogP contribution in [0.2, 0.25) is 0 Å². The van der Waals surface area contributed by atoms with Gasteiger partial charge in [-0.05, 0) is 61.6 Å². The maximum Gasteiger partial charge on any atom is 0.261 e. The Morgan fingerprint density at radius 3 is 2.72 bits per heavy atom. The molecule has 1 amide bonds. The van der Waals surface area contributed by atoms with Crippen molar-refractivity contribution in [1.29, 1.82) is 0 Å². The fraction of sp³-hybridized carbons (Fsp3) is 0.421. The first-order valence-electron chi connectivity index (χ1n) is 8.61. The summed E-state index contributed by atoms with van der Waals surface area (Å²) in [6.45, 7) is 3.64. The first-order chi connectivity index (χ1) is 12.1. The number of carbonyl (C=O) groups excluding carboxylic acids is 1. The third-order valence-electron chi connectivity index (χ3n) is 4.96. The largest absolute Gasteiger partial charge is 0.486 e. The van der Waals surface area contributed by atoms with Crippen molar-refractivity contribution in [2.24, 2.45) is 11.7 Å². The van der Waals surface area contributed by atoms with Crippen LogP contribution in [-0.4, -0.2) is 31.2 Å². The van der Waals surface area contributed by atoms with Crippen LogP contribution in [0.15, 0.2) is 30.3 Å². The van der Waals surface area contributed by atoms with Crippen LogP contribution in [0.5, 0.6) is 11.5 Å². The molecular formula is C19H22N2O3S. The third-order valence-corrected chi connectivity index (χ3v) is 6.09. The minimum Gasteiger partial charge on any atom is -0.486 e. The average molecular weight is 358 g/mol. The van der Waals surface area contributed by atoms with Gasteiger partial charge in [-0.2, -0.15) is 0 Å². The molecule has 4 rings (SSSR count). The summed E-state index contributed by atoms with van der Waals surface area (Å²) in [5.74, 6) is 1.98. The minimum absolute atomic E-state index is 0.0476. The molecular weight excluding hydrogens is 336 g/mol. The highest BCUT2D eigenvalue weighted by atomic mass is 32.1. The van der Waals surface area contributed by atoms with E-state index in [4.69, 9.17) is 15.2 Å². The number of benzene rings is 1. The van der Waals surface area contributed by atoms with E-state index in [-0.39, 0.29) is 11.4 Å². The van der Waals surface area contributed by atoms with Crippen LogP contribution in [0.4, 0.5) is 0 Å². The Morgan fingerprint density at radius 2 is 2.00 bits per heavy atom. The molecule has 2 aliphatic rings. The number of hydrogen-bond donors (Lipinski definition) is 2. The number of nitrogens with two attached hydrogens (primary N) is 1. The predicted octanol–water partition coefficient (Wildman–Crippen LogP) is 3.04. The van der Waals surface area contributed by atoms with E-state index in [1.165, 1.54) is 11.3 Å². The summed E-state index contributed by atoms with van der Waals surface area (Å²) in [6.07, 6.45) is 2.28. The molecule has 2 heterocycles. The minimum atomic E-state index is -0.307. The second kappa shape index (κ2) is 6.35. The molecule has 1 aromatic carbocycles. The molecule has 1 aliphatic carbocycles. The number of nitrogens with one attached hydrogen (secondary N) is 1. The number of thiophene rings is 1. The van der Waals surface area contributed by atoms with Gasteiger partial charge in [0, 0.05) is 11.4 Å². The molecule has 25 heavy (non-hydrogen) atoms. The number of hydrogen-bond acceptors (Lipinski definition) is 5. The highest BCUT2D eigenvalue weighted by Crippen LogP contribution is 2.40. The van der Waals surface area contributed by atoms with E-state index in [0.717, 1.165) is 34.8 Å². The molecule has 1 unspecified atom stereocenters. The van der Waals surface area contributed by atoms with Crippen LogP contribution >= 0.6 is 11.3 Å². The molecule has 2 aromatic rings. The van der Waals surface area contributed by atoms with Crippen molar-refractivity contribution < 1.29 is 14.3 Å². The normalized spacial score (nSPS) is 18.5. The first-order valence-corrected chi connectivity index (χ1v) is 9.43. The number of ether oxygens (including phenoxy) is 2. The van der Waals surface area contributed by atoms with E-state index in [2.05, 4.69) is 5.32 Å². The van der Waals surface area contributed by atoms with E-state index < -0.39 is 0 Å². The van der Waals surface area contributed by atoms with Crippen molar-refractivity contribution in [3.05, 3.63) is 35.2 Å². The second-order valence-corrected chi connectivity index (χ2v) is 7.96. The van der Waals surface area contributed by atoms with E-state index >= 15 is 0 Å². The Kier molecular flexibility index (Phi) is 4.17. The van der Waals surface area contributed by atoms with Crippen molar-refractivity contribution in [3.8, 4) is 21.9 Å². The lowest BCUT2D eigenvalue weighted by atomic mass is 9.96. The molecule has 0 bridgehead atoms.